The van der Waals surface area contributed by atoms with Gasteiger partial charge < -0.3 is 10.2 Å². The zero-order valence-electron chi connectivity index (χ0n) is 15.0. The van der Waals surface area contributed by atoms with Crippen LogP contribution in [0.4, 0.5) is 5.82 Å². The molecule has 4 rings (SSSR count). The van der Waals surface area contributed by atoms with Gasteiger partial charge in [0.25, 0.3) is 0 Å². The first-order valence-electron chi connectivity index (χ1n) is 8.52. The van der Waals surface area contributed by atoms with Crippen LogP contribution < -0.4 is 5.73 Å². The molecular formula is C21H17N5O. The molecule has 0 fully saturated rings. The van der Waals surface area contributed by atoms with Crippen molar-refractivity contribution < 1.29 is 4.42 Å². The smallest absolute Gasteiger partial charge is 0.231 e. The van der Waals surface area contributed by atoms with Crippen molar-refractivity contribution in [1.82, 2.24) is 20.2 Å². The van der Waals surface area contributed by atoms with Crippen molar-refractivity contribution in [3.8, 4) is 23.0 Å². The normalized spacial score (nSPS) is 11.8. The first-order valence-corrected chi connectivity index (χ1v) is 8.52. The first kappa shape index (κ1) is 16.7. The standard InChI is InChI=1S/C21H17N5O/c1-13(21-26-25-14(2)27-21)6-7-15-4-3-5-16(10-15)17-8-9-19-18(11-17)20(22)24-12-23-19/h3-5,8-13H,1-2H3,(H2,22,23,24)/t13-/m0/s1. The lowest BCUT2D eigenvalue weighted by Crippen LogP contribution is -1.93. The summed E-state index contributed by atoms with van der Waals surface area (Å²) in [6.07, 6.45) is 1.47. The Morgan fingerprint density at radius 1 is 1.04 bits per heavy atom. The molecule has 4 aromatic rings. The average Bonchev–Trinajstić information content (AvgIpc) is 3.13. The number of fused-ring (bicyclic) bond motifs is 1. The van der Waals surface area contributed by atoms with Gasteiger partial charge in [0.2, 0.25) is 11.8 Å². The minimum Gasteiger partial charge on any atom is -0.424 e. The van der Waals surface area contributed by atoms with Crippen molar-refractivity contribution in [2.24, 2.45) is 0 Å². The molecule has 2 N–H and O–H groups in total. The van der Waals surface area contributed by atoms with E-state index >= 15 is 0 Å². The van der Waals surface area contributed by atoms with E-state index in [1.54, 1.807) is 6.92 Å². The van der Waals surface area contributed by atoms with Gasteiger partial charge in [0.1, 0.15) is 12.1 Å². The molecule has 0 saturated carbocycles. The quantitative estimate of drug-likeness (QED) is 0.551. The van der Waals surface area contributed by atoms with Gasteiger partial charge in [-0.1, -0.05) is 30.0 Å². The van der Waals surface area contributed by atoms with Gasteiger partial charge in [-0.3, -0.25) is 0 Å². The van der Waals surface area contributed by atoms with Crippen LogP contribution in [0.15, 0.2) is 53.2 Å². The van der Waals surface area contributed by atoms with E-state index in [4.69, 9.17) is 10.2 Å². The second-order valence-corrected chi connectivity index (χ2v) is 6.22. The molecule has 6 heteroatoms. The van der Waals surface area contributed by atoms with Gasteiger partial charge in [-0.15, -0.1) is 10.2 Å². The van der Waals surface area contributed by atoms with Crippen LogP contribution in [-0.2, 0) is 0 Å². The average molecular weight is 355 g/mol. The molecule has 0 aliphatic carbocycles. The monoisotopic (exact) mass is 355 g/mol. The van der Waals surface area contributed by atoms with Crippen LogP contribution >= 0.6 is 0 Å². The Morgan fingerprint density at radius 2 is 1.89 bits per heavy atom. The molecule has 2 aromatic heterocycles. The Morgan fingerprint density at radius 3 is 2.70 bits per heavy atom. The highest BCUT2D eigenvalue weighted by Crippen LogP contribution is 2.26. The minimum atomic E-state index is -0.132. The van der Waals surface area contributed by atoms with Crippen LogP contribution in [0.5, 0.6) is 0 Å². The third kappa shape index (κ3) is 3.48. The Labute approximate surface area is 156 Å². The fraction of sp³-hybridized carbons (Fsp3) is 0.143. The van der Waals surface area contributed by atoms with Gasteiger partial charge >= 0.3 is 0 Å². The maximum Gasteiger partial charge on any atom is 0.231 e. The summed E-state index contributed by atoms with van der Waals surface area (Å²) in [6, 6.07) is 14.0. The molecule has 0 radical (unpaired) electrons. The molecule has 132 valence electrons. The first-order chi connectivity index (χ1) is 13.1. The van der Waals surface area contributed by atoms with E-state index in [1.165, 1.54) is 6.33 Å². The summed E-state index contributed by atoms with van der Waals surface area (Å²) in [5.41, 5.74) is 9.80. The van der Waals surface area contributed by atoms with E-state index in [0.29, 0.717) is 17.6 Å². The van der Waals surface area contributed by atoms with Crippen molar-refractivity contribution in [2.75, 3.05) is 5.73 Å². The largest absolute Gasteiger partial charge is 0.424 e. The number of hydrogen-bond acceptors (Lipinski definition) is 6. The maximum absolute atomic E-state index is 5.98. The summed E-state index contributed by atoms with van der Waals surface area (Å²) in [5, 5.41) is 8.70. The minimum absolute atomic E-state index is 0.132. The predicted octanol–water partition coefficient (Wildman–Crippen LogP) is 3.73. The second kappa shape index (κ2) is 6.89. The molecule has 0 amide bonds. The van der Waals surface area contributed by atoms with E-state index in [9.17, 15) is 0 Å². The fourth-order valence-corrected chi connectivity index (χ4v) is 2.77. The lowest BCUT2D eigenvalue weighted by Gasteiger charge is -2.06. The Balaban J connectivity index is 1.65. The van der Waals surface area contributed by atoms with Crippen LogP contribution in [0.2, 0.25) is 0 Å². The second-order valence-electron chi connectivity index (χ2n) is 6.22. The summed E-state index contributed by atoms with van der Waals surface area (Å²) < 4.78 is 5.43. The molecule has 0 bridgehead atoms. The Bertz CT molecular complexity index is 1190. The predicted molar refractivity (Wildman–Crippen MR) is 104 cm³/mol. The number of aryl methyl sites for hydroxylation is 1. The number of aromatic nitrogens is 4. The van der Waals surface area contributed by atoms with Gasteiger partial charge in [0.05, 0.1) is 11.4 Å². The number of rotatable bonds is 2. The summed E-state index contributed by atoms with van der Waals surface area (Å²) in [7, 11) is 0. The summed E-state index contributed by atoms with van der Waals surface area (Å²) in [6.45, 7) is 3.71. The van der Waals surface area contributed by atoms with Gasteiger partial charge in [0.15, 0.2) is 0 Å². The molecule has 2 heterocycles. The molecule has 0 saturated heterocycles. The SMILES string of the molecule is Cc1nnc([C@@H](C)C#Cc2cccc(-c3ccc4ncnc(N)c4c3)c2)o1. The highest BCUT2D eigenvalue weighted by atomic mass is 16.4. The molecule has 2 aromatic carbocycles. The van der Waals surface area contributed by atoms with Gasteiger partial charge in [-0.05, 0) is 42.3 Å². The highest BCUT2D eigenvalue weighted by molar-refractivity contribution is 5.91. The van der Waals surface area contributed by atoms with Crippen molar-refractivity contribution in [3.63, 3.8) is 0 Å². The van der Waals surface area contributed by atoms with Crippen LogP contribution in [-0.4, -0.2) is 20.2 Å². The third-order valence-electron chi connectivity index (χ3n) is 4.21. The third-order valence-corrected chi connectivity index (χ3v) is 4.21. The van der Waals surface area contributed by atoms with E-state index < -0.39 is 0 Å². The summed E-state index contributed by atoms with van der Waals surface area (Å²) >= 11 is 0. The molecule has 27 heavy (non-hydrogen) atoms. The van der Waals surface area contributed by atoms with E-state index in [-0.39, 0.29) is 5.92 Å². The van der Waals surface area contributed by atoms with Gasteiger partial charge in [0, 0.05) is 17.9 Å². The molecule has 1 atom stereocenters. The van der Waals surface area contributed by atoms with E-state index in [2.05, 4.69) is 32.0 Å². The number of nitrogens with two attached hydrogens (primary N) is 1. The highest BCUT2D eigenvalue weighted by Gasteiger charge is 2.09. The van der Waals surface area contributed by atoms with E-state index in [0.717, 1.165) is 27.6 Å². The van der Waals surface area contributed by atoms with Crippen molar-refractivity contribution in [2.45, 2.75) is 19.8 Å². The number of hydrogen-bond donors (Lipinski definition) is 1. The lowest BCUT2D eigenvalue weighted by atomic mass is 10.0. The molecule has 0 aliphatic rings. The molecule has 0 aliphatic heterocycles. The van der Waals surface area contributed by atoms with Gasteiger partial charge in [-0.2, -0.15) is 0 Å². The number of benzene rings is 2. The summed E-state index contributed by atoms with van der Waals surface area (Å²) in [5.74, 6) is 7.76. The topological polar surface area (TPSA) is 90.7 Å². The number of nitrogen functional groups attached to an aromatic ring is 1. The zero-order chi connectivity index (χ0) is 18.8. The van der Waals surface area contributed by atoms with Crippen LogP contribution in [0, 0.1) is 18.8 Å². The van der Waals surface area contributed by atoms with Crippen molar-refractivity contribution in [1.29, 1.82) is 0 Å². The Hall–Kier alpha value is -3.72. The summed E-state index contributed by atoms with van der Waals surface area (Å²) in [4.78, 5) is 8.30. The van der Waals surface area contributed by atoms with Crippen molar-refractivity contribution >= 4 is 16.7 Å². The zero-order valence-corrected chi connectivity index (χ0v) is 15.0. The maximum atomic E-state index is 5.98. The number of anilines is 1. The fourth-order valence-electron chi connectivity index (χ4n) is 2.77. The van der Waals surface area contributed by atoms with E-state index in [1.807, 2.05) is 49.4 Å². The molecule has 0 unspecified atom stereocenters. The van der Waals surface area contributed by atoms with Gasteiger partial charge in [-0.25, -0.2) is 9.97 Å². The lowest BCUT2D eigenvalue weighted by molar-refractivity contribution is 0.462. The molecule has 0 spiro atoms. The van der Waals surface area contributed by atoms with Crippen molar-refractivity contribution in [3.05, 3.63) is 66.1 Å². The van der Waals surface area contributed by atoms with Crippen LogP contribution in [0.3, 0.4) is 0 Å². The Kier molecular flexibility index (Phi) is 4.27. The van der Waals surface area contributed by atoms with Crippen LogP contribution in [0.25, 0.3) is 22.0 Å². The van der Waals surface area contributed by atoms with Crippen LogP contribution in [0.1, 0.15) is 30.2 Å². The molecular weight excluding hydrogens is 338 g/mol. The molecule has 6 nitrogen and oxygen atoms in total. The number of nitrogens with zero attached hydrogens (tertiary/aromatic N) is 4.